The zero-order chi connectivity index (χ0) is 23.5. The summed E-state index contributed by atoms with van der Waals surface area (Å²) >= 11 is 0. The molecule has 0 bridgehead atoms. The molecule has 0 saturated carbocycles. The van der Waals surface area contributed by atoms with E-state index in [9.17, 15) is 14.0 Å². The minimum atomic E-state index is -0.329. The SMILES string of the molecule is O=C(c1ccccc1)N1CCN(C2CN(C(=O)c3ccccc3Nc3cccc(F)c3)C2)CC1. The zero-order valence-electron chi connectivity index (χ0n) is 18.9. The van der Waals surface area contributed by atoms with Gasteiger partial charge in [-0.25, -0.2) is 4.39 Å². The minimum Gasteiger partial charge on any atom is -0.355 e. The lowest BCUT2D eigenvalue weighted by atomic mass is 10.0. The van der Waals surface area contributed by atoms with Crippen molar-refractivity contribution in [3.05, 3.63) is 95.8 Å². The maximum atomic E-state index is 13.6. The van der Waals surface area contributed by atoms with Gasteiger partial charge in [-0.1, -0.05) is 36.4 Å². The van der Waals surface area contributed by atoms with Crippen LogP contribution in [0.5, 0.6) is 0 Å². The highest BCUT2D eigenvalue weighted by Gasteiger charge is 2.37. The Kier molecular flexibility index (Phi) is 6.27. The van der Waals surface area contributed by atoms with Gasteiger partial charge in [-0.3, -0.25) is 14.5 Å². The molecule has 34 heavy (non-hydrogen) atoms. The number of amides is 2. The van der Waals surface area contributed by atoms with Crippen LogP contribution in [0.3, 0.4) is 0 Å². The molecule has 0 aromatic heterocycles. The van der Waals surface area contributed by atoms with Gasteiger partial charge >= 0.3 is 0 Å². The van der Waals surface area contributed by atoms with Crippen LogP contribution in [0.25, 0.3) is 0 Å². The van der Waals surface area contributed by atoms with Gasteiger partial charge in [0.25, 0.3) is 11.8 Å². The van der Waals surface area contributed by atoms with E-state index in [0.717, 1.165) is 18.7 Å². The lowest BCUT2D eigenvalue weighted by molar-refractivity contribution is 0.00859. The first-order valence-electron chi connectivity index (χ1n) is 11.6. The maximum absolute atomic E-state index is 13.6. The van der Waals surface area contributed by atoms with E-state index in [-0.39, 0.29) is 17.6 Å². The Balaban J connectivity index is 1.16. The van der Waals surface area contributed by atoms with Crippen LogP contribution in [0, 0.1) is 5.82 Å². The predicted molar refractivity (Wildman–Crippen MR) is 130 cm³/mol. The van der Waals surface area contributed by atoms with Gasteiger partial charge in [0.2, 0.25) is 0 Å². The number of hydrogen-bond donors (Lipinski definition) is 1. The van der Waals surface area contributed by atoms with Crippen molar-refractivity contribution in [2.75, 3.05) is 44.6 Å². The number of hydrogen-bond acceptors (Lipinski definition) is 4. The van der Waals surface area contributed by atoms with Crippen LogP contribution in [0.15, 0.2) is 78.9 Å². The third kappa shape index (κ3) is 4.65. The number of anilines is 2. The van der Waals surface area contributed by atoms with Gasteiger partial charge in [0.05, 0.1) is 11.3 Å². The van der Waals surface area contributed by atoms with Crippen LogP contribution < -0.4 is 5.32 Å². The van der Waals surface area contributed by atoms with Crippen molar-refractivity contribution in [2.24, 2.45) is 0 Å². The molecule has 2 fully saturated rings. The van der Waals surface area contributed by atoms with Gasteiger partial charge < -0.3 is 15.1 Å². The summed E-state index contributed by atoms with van der Waals surface area (Å²) in [6.07, 6.45) is 0. The van der Waals surface area contributed by atoms with Crippen molar-refractivity contribution in [2.45, 2.75) is 6.04 Å². The first-order chi connectivity index (χ1) is 16.6. The van der Waals surface area contributed by atoms with Crippen LogP contribution >= 0.6 is 0 Å². The molecule has 3 aromatic rings. The fraction of sp³-hybridized carbons (Fsp3) is 0.259. The van der Waals surface area contributed by atoms with Gasteiger partial charge in [0.1, 0.15) is 5.82 Å². The summed E-state index contributed by atoms with van der Waals surface area (Å²) < 4.78 is 13.6. The van der Waals surface area contributed by atoms with Crippen molar-refractivity contribution in [3.63, 3.8) is 0 Å². The molecule has 0 spiro atoms. The molecule has 1 N–H and O–H groups in total. The fourth-order valence-corrected chi connectivity index (χ4v) is 4.58. The quantitative estimate of drug-likeness (QED) is 0.631. The fourth-order valence-electron chi connectivity index (χ4n) is 4.58. The summed E-state index contributed by atoms with van der Waals surface area (Å²) in [7, 11) is 0. The first-order valence-corrected chi connectivity index (χ1v) is 11.6. The van der Waals surface area contributed by atoms with Crippen molar-refractivity contribution >= 4 is 23.2 Å². The van der Waals surface area contributed by atoms with E-state index in [1.807, 2.05) is 58.3 Å². The Bertz CT molecular complexity index is 1170. The summed E-state index contributed by atoms with van der Waals surface area (Å²) in [4.78, 5) is 32.0. The maximum Gasteiger partial charge on any atom is 0.256 e. The standard InChI is InChI=1S/C27H27FN4O2/c28-21-9-6-10-22(17-21)29-25-12-5-4-11-24(25)27(34)32-18-23(19-32)30-13-15-31(16-14-30)26(33)20-7-2-1-3-8-20/h1-12,17,23,29H,13-16,18-19H2. The second kappa shape index (κ2) is 9.65. The molecule has 174 valence electrons. The highest BCUT2D eigenvalue weighted by molar-refractivity contribution is 6.00. The summed E-state index contributed by atoms with van der Waals surface area (Å²) in [5.41, 5.74) is 2.56. The lowest BCUT2D eigenvalue weighted by Gasteiger charge is -2.48. The van der Waals surface area contributed by atoms with Crippen LogP contribution in [0.1, 0.15) is 20.7 Å². The van der Waals surface area contributed by atoms with E-state index in [4.69, 9.17) is 0 Å². The van der Waals surface area contributed by atoms with E-state index in [1.165, 1.54) is 12.1 Å². The van der Waals surface area contributed by atoms with Crippen molar-refractivity contribution in [1.82, 2.24) is 14.7 Å². The molecule has 3 aromatic carbocycles. The minimum absolute atomic E-state index is 0.0337. The van der Waals surface area contributed by atoms with Gasteiger partial charge in [0.15, 0.2) is 0 Å². The molecule has 0 aliphatic carbocycles. The average molecular weight is 459 g/mol. The topological polar surface area (TPSA) is 55.9 Å². The number of nitrogens with zero attached hydrogens (tertiary/aromatic N) is 3. The number of carbonyl (C=O) groups excluding carboxylic acids is 2. The molecule has 0 radical (unpaired) electrons. The van der Waals surface area contributed by atoms with Crippen LogP contribution in [-0.4, -0.2) is 71.8 Å². The largest absolute Gasteiger partial charge is 0.355 e. The molecule has 7 heteroatoms. The Hall–Kier alpha value is -3.71. The zero-order valence-corrected chi connectivity index (χ0v) is 18.9. The summed E-state index contributed by atoms with van der Waals surface area (Å²) in [6, 6.07) is 23.2. The highest BCUT2D eigenvalue weighted by Crippen LogP contribution is 2.26. The number of benzene rings is 3. The van der Waals surface area contributed by atoms with E-state index in [2.05, 4.69) is 10.2 Å². The van der Waals surface area contributed by atoms with E-state index in [0.29, 0.717) is 49.2 Å². The lowest BCUT2D eigenvalue weighted by Crippen LogP contribution is -2.64. The Morgan fingerprint density at radius 3 is 2.21 bits per heavy atom. The Morgan fingerprint density at radius 2 is 1.47 bits per heavy atom. The second-order valence-electron chi connectivity index (χ2n) is 8.74. The predicted octanol–water partition coefficient (Wildman–Crippen LogP) is 3.85. The van der Waals surface area contributed by atoms with E-state index < -0.39 is 0 Å². The number of halogens is 1. The summed E-state index contributed by atoms with van der Waals surface area (Å²) in [6.45, 7) is 4.34. The molecular weight excluding hydrogens is 431 g/mol. The second-order valence-corrected chi connectivity index (χ2v) is 8.74. The molecule has 2 heterocycles. The van der Waals surface area contributed by atoms with Crippen molar-refractivity contribution < 1.29 is 14.0 Å². The molecule has 5 rings (SSSR count). The normalized spacial score (nSPS) is 16.7. The third-order valence-electron chi connectivity index (χ3n) is 6.55. The number of nitrogens with one attached hydrogen (secondary N) is 1. The molecule has 6 nitrogen and oxygen atoms in total. The van der Waals surface area contributed by atoms with E-state index in [1.54, 1.807) is 18.2 Å². The van der Waals surface area contributed by atoms with Crippen LogP contribution in [-0.2, 0) is 0 Å². The monoisotopic (exact) mass is 458 g/mol. The van der Waals surface area contributed by atoms with Gasteiger partial charge in [-0.05, 0) is 42.5 Å². The van der Waals surface area contributed by atoms with Crippen molar-refractivity contribution in [3.8, 4) is 0 Å². The molecule has 2 aliphatic rings. The number of carbonyl (C=O) groups is 2. The Labute approximate surface area is 198 Å². The Morgan fingerprint density at radius 1 is 0.765 bits per heavy atom. The number of piperazine rings is 1. The third-order valence-corrected chi connectivity index (χ3v) is 6.55. The van der Waals surface area contributed by atoms with E-state index >= 15 is 0 Å². The van der Waals surface area contributed by atoms with Gasteiger partial charge in [-0.15, -0.1) is 0 Å². The molecule has 2 amide bonds. The molecule has 0 atom stereocenters. The highest BCUT2D eigenvalue weighted by atomic mass is 19.1. The number of likely N-dealkylation sites (tertiary alicyclic amines) is 1. The van der Waals surface area contributed by atoms with Crippen LogP contribution in [0.2, 0.25) is 0 Å². The van der Waals surface area contributed by atoms with Crippen LogP contribution in [0.4, 0.5) is 15.8 Å². The molecule has 2 aliphatic heterocycles. The van der Waals surface area contributed by atoms with Gasteiger partial charge in [0, 0.05) is 56.6 Å². The first kappa shape index (κ1) is 22.1. The summed E-state index contributed by atoms with van der Waals surface area (Å²) in [5.74, 6) is -0.285. The summed E-state index contributed by atoms with van der Waals surface area (Å²) in [5, 5.41) is 3.17. The molecule has 2 saturated heterocycles. The average Bonchev–Trinajstić information content (AvgIpc) is 2.84. The smallest absolute Gasteiger partial charge is 0.256 e. The number of para-hydroxylation sites is 1. The van der Waals surface area contributed by atoms with Gasteiger partial charge in [-0.2, -0.15) is 0 Å². The van der Waals surface area contributed by atoms with Crippen molar-refractivity contribution in [1.29, 1.82) is 0 Å². The number of rotatable bonds is 5. The molecule has 0 unspecified atom stereocenters. The molecular formula is C27H27FN4O2.